The SMILES string of the molecule is O=C(c1cccc(Br)c1)N1CCN(c2cccs2)CC1. The van der Waals surface area contributed by atoms with Crippen molar-refractivity contribution in [3.63, 3.8) is 0 Å². The summed E-state index contributed by atoms with van der Waals surface area (Å²) in [5.41, 5.74) is 0.754. The van der Waals surface area contributed by atoms with E-state index in [1.54, 1.807) is 11.3 Å². The van der Waals surface area contributed by atoms with Crippen molar-refractivity contribution in [2.24, 2.45) is 0 Å². The molecule has 3 rings (SSSR count). The first-order valence-electron chi connectivity index (χ1n) is 6.57. The summed E-state index contributed by atoms with van der Waals surface area (Å²) in [4.78, 5) is 16.7. The number of anilines is 1. The fraction of sp³-hybridized carbons (Fsp3) is 0.267. The van der Waals surface area contributed by atoms with Crippen LogP contribution < -0.4 is 4.90 Å². The Morgan fingerprint density at radius 2 is 1.90 bits per heavy atom. The minimum absolute atomic E-state index is 0.122. The Morgan fingerprint density at radius 3 is 2.55 bits per heavy atom. The highest BCUT2D eigenvalue weighted by atomic mass is 79.9. The molecule has 2 aromatic rings. The van der Waals surface area contributed by atoms with E-state index in [-0.39, 0.29) is 5.91 Å². The minimum atomic E-state index is 0.122. The molecule has 3 nitrogen and oxygen atoms in total. The lowest BCUT2D eigenvalue weighted by molar-refractivity contribution is 0.0747. The number of hydrogen-bond donors (Lipinski definition) is 0. The third kappa shape index (κ3) is 2.88. The van der Waals surface area contributed by atoms with Crippen LogP contribution in [0.4, 0.5) is 5.00 Å². The second kappa shape index (κ2) is 5.97. The van der Waals surface area contributed by atoms with Gasteiger partial charge in [0, 0.05) is 36.2 Å². The van der Waals surface area contributed by atoms with Crippen LogP contribution in [0, 0.1) is 0 Å². The van der Waals surface area contributed by atoms with Crippen LogP contribution in [0.2, 0.25) is 0 Å². The summed E-state index contributed by atoms with van der Waals surface area (Å²) in [6, 6.07) is 11.8. The fourth-order valence-corrected chi connectivity index (χ4v) is 3.57. The molecule has 0 unspecified atom stereocenters. The van der Waals surface area contributed by atoms with Crippen molar-refractivity contribution < 1.29 is 4.79 Å². The molecule has 2 heterocycles. The molecule has 1 aliphatic rings. The van der Waals surface area contributed by atoms with Crippen molar-refractivity contribution in [3.8, 4) is 0 Å². The zero-order valence-electron chi connectivity index (χ0n) is 11.0. The summed E-state index contributed by atoms with van der Waals surface area (Å²) < 4.78 is 0.945. The van der Waals surface area contributed by atoms with Gasteiger partial charge in [0.1, 0.15) is 0 Å². The Balaban J connectivity index is 1.65. The zero-order chi connectivity index (χ0) is 13.9. The molecule has 1 aliphatic heterocycles. The first kappa shape index (κ1) is 13.6. The molecule has 0 spiro atoms. The molecule has 0 aliphatic carbocycles. The third-order valence-electron chi connectivity index (χ3n) is 3.46. The van der Waals surface area contributed by atoms with Gasteiger partial charge in [-0.1, -0.05) is 22.0 Å². The molecule has 0 bridgehead atoms. The number of rotatable bonds is 2. The number of amides is 1. The lowest BCUT2D eigenvalue weighted by Gasteiger charge is -2.35. The van der Waals surface area contributed by atoms with Crippen LogP contribution in [0.3, 0.4) is 0 Å². The van der Waals surface area contributed by atoms with Crippen LogP contribution in [0.1, 0.15) is 10.4 Å². The van der Waals surface area contributed by atoms with Gasteiger partial charge in [0.15, 0.2) is 0 Å². The van der Waals surface area contributed by atoms with E-state index >= 15 is 0 Å². The average Bonchev–Trinajstić information content (AvgIpc) is 3.01. The maximum absolute atomic E-state index is 12.4. The molecule has 0 saturated carbocycles. The van der Waals surface area contributed by atoms with E-state index in [4.69, 9.17) is 0 Å². The highest BCUT2D eigenvalue weighted by Gasteiger charge is 2.22. The third-order valence-corrected chi connectivity index (χ3v) is 4.88. The number of hydrogen-bond acceptors (Lipinski definition) is 3. The molecule has 5 heteroatoms. The maximum Gasteiger partial charge on any atom is 0.254 e. The van der Waals surface area contributed by atoms with E-state index in [0.29, 0.717) is 0 Å². The number of piperazine rings is 1. The quantitative estimate of drug-likeness (QED) is 0.827. The van der Waals surface area contributed by atoms with E-state index in [1.165, 1.54) is 5.00 Å². The average molecular weight is 351 g/mol. The Morgan fingerprint density at radius 1 is 1.10 bits per heavy atom. The van der Waals surface area contributed by atoms with Gasteiger partial charge in [0.05, 0.1) is 5.00 Å². The molecule has 0 N–H and O–H groups in total. The van der Waals surface area contributed by atoms with Crippen LogP contribution in [0.15, 0.2) is 46.3 Å². The van der Waals surface area contributed by atoms with Crippen LogP contribution in [-0.2, 0) is 0 Å². The van der Waals surface area contributed by atoms with E-state index in [2.05, 4.69) is 38.3 Å². The largest absolute Gasteiger partial charge is 0.360 e. The minimum Gasteiger partial charge on any atom is -0.360 e. The molecule has 0 radical (unpaired) electrons. The van der Waals surface area contributed by atoms with Gasteiger partial charge in [-0.25, -0.2) is 0 Å². The van der Waals surface area contributed by atoms with Crippen molar-refractivity contribution in [2.45, 2.75) is 0 Å². The van der Waals surface area contributed by atoms with E-state index < -0.39 is 0 Å². The fourth-order valence-electron chi connectivity index (χ4n) is 2.38. The zero-order valence-corrected chi connectivity index (χ0v) is 13.4. The second-order valence-electron chi connectivity index (χ2n) is 4.74. The van der Waals surface area contributed by atoms with Gasteiger partial charge in [0.2, 0.25) is 0 Å². The number of halogens is 1. The van der Waals surface area contributed by atoms with Gasteiger partial charge in [-0.15, -0.1) is 11.3 Å². The van der Waals surface area contributed by atoms with Crippen LogP contribution in [-0.4, -0.2) is 37.0 Å². The highest BCUT2D eigenvalue weighted by molar-refractivity contribution is 9.10. The number of benzene rings is 1. The predicted octanol–water partition coefficient (Wildman–Crippen LogP) is 3.47. The van der Waals surface area contributed by atoms with Gasteiger partial charge < -0.3 is 9.80 Å². The molecule has 0 atom stereocenters. The summed E-state index contributed by atoms with van der Waals surface area (Å²) in [6.45, 7) is 3.37. The second-order valence-corrected chi connectivity index (χ2v) is 6.58. The van der Waals surface area contributed by atoms with Crippen molar-refractivity contribution >= 4 is 38.2 Å². The van der Waals surface area contributed by atoms with E-state index in [1.807, 2.05) is 29.2 Å². The Labute approximate surface area is 130 Å². The Bertz CT molecular complexity index is 592. The van der Waals surface area contributed by atoms with Gasteiger partial charge in [-0.3, -0.25) is 4.79 Å². The van der Waals surface area contributed by atoms with Crippen molar-refractivity contribution in [1.82, 2.24) is 4.90 Å². The topological polar surface area (TPSA) is 23.6 Å². The highest BCUT2D eigenvalue weighted by Crippen LogP contribution is 2.23. The molecule has 1 fully saturated rings. The maximum atomic E-state index is 12.4. The summed E-state index contributed by atoms with van der Waals surface area (Å²) in [5, 5.41) is 3.38. The number of nitrogens with zero attached hydrogens (tertiary/aromatic N) is 2. The van der Waals surface area contributed by atoms with E-state index in [9.17, 15) is 4.79 Å². The summed E-state index contributed by atoms with van der Waals surface area (Å²) in [7, 11) is 0. The monoisotopic (exact) mass is 350 g/mol. The number of carbonyl (C=O) groups excluding carboxylic acids is 1. The predicted molar refractivity (Wildman–Crippen MR) is 86.6 cm³/mol. The summed E-state index contributed by atoms with van der Waals surface area (Å²) in [5.74, 6) is 0.122. The molecule has 1 aromatic carbocycles. The van der Waals surface area contributed by atoms with Crippen molar-refractivity contribution in [2.75, 3.05) is 31.1 Å². The van der Waals surface area contributed by atoms with Gasteiger partial charge >= 0.3 is 0 Å². The van der Waals surface area contributed by atoms with Crippen LogP contribution >= 0.6 is 27.3 Å². The molecule has 1 aromatic heterocycles. The Kier molecular flexibility index (Phi) is 4.08. The number of thiophene rings is 1. The molecule has 1 saturated heterocycles. The lowest BCUT2D eigenvalue weighted by atomic mass is 10.2. The summed E-state index contributed by atoms with van der Waals surface area (Å²) >= 11 is 5.17. The first-order chi connectivity index (χ1) is 9.74. The first-order valence-corrected chi connectivity index (χ1v) is 8.24. The van der Waals surface area contributed by atoms with E-state index in [0.717, 1.165) is 36.2 Å². The molecular formula is C15H15BrN2OS. The standard InChI is InChI=1S/C15H15BrN2OS/c16-13-4-1-3-12(11-13)15(19)18-8-6-17(7-9-18)14-5-2-10-20-14/h1-5,10-11H,6-9H2. The molecule has 20 heavy (non-hydrogen) atoms. The number of carbonyl (C=O) groups is 1. The van der Waals surface area contributed by atoms with Crippen LogP contribution in [0.5, 0.6) is 0 Å². The molecule has 104 valence electrons. The van der Waals surface area contributed by atoms with Crippen molar-refractivity contribution in [3.05, 3.63) is 51.8 Å². The molecule has 1 amide bonds. The van der Waals surface area contributed by atoms with Crippen LogP contribution in [0.25, 0.3) is 0 Å². The van der Waals surface area contributed by atoms with Crippen molar-refractivity contribution in [1.29, 1.82) is 0 Å². The van der Waals surface area contributed by atoms with Gasteiger partial charge in [0.25, 0.3) is 5.91 Å². The smallest absolute Gasteiger partial charge is 0.254 e. The normalized spacial score (nSPS) is 15.4. The van der Waals surface area contributed by atoms with Gasteiger partial charge in [-0.2, -0.15) is 0 Å². The lowest BCUT2D eigenvalue weighted by Crippen LogP contribution is -2.48. The van der Waals surface area contributed by atoms with Gasteiger partial charge in [-0.05, 0) is 35.7 Å². The molecular weight excluding hydrogens is 336 g/mol. The summed E-state index contributed by atoms with van der Waals surface area (Å²) in [6.07, 6.45) is 0. The Hall–Kier alpha value is -1.33.